The molecule has 0 radical (unpaired) electrons. The van der Waals surface area contributed by atoms with Gasteiger partial charge in [0.1, 0.15) is 5.01 Å². The third kappa shape index (κ3) is 3.47. The number of thiazole rings is 1. The van der Waals surface area contributed by atoms with Crippen LogP contribution < -0.4 is 14.8 Å². The van der Waals surface area contributed by atoms with Crippen LogP contribution in [0, 0.1) is 0 Å². The molecule has 0 spiro atoms. The topological polar surface area (TPSA) is 73.3 Å². The summed E-state index contributed by atoms with van der Waals surface area (Å²) in [4.78, 5) is 20.6. The number of pyridine rings is 1. The lowest BCUT2D eigenvalue weighted by molar-refractivity contribution is -0.286. The fourth-order valence-electron chi connectivity index (χ4n) is 2.41. The van der Waals surface area contributed by atoms with Crippen molar-refractivity contribution >= 4 is 22.9 Å². The first-order chi connectivity index (χ1) is 12.5. The smallest absolute Gasteiger partial charge is 0.395 e. The maximum atomic E-state index is 13.0. The molecule has 132 valence electrons. The highest BCUT2D eigenvalue weighted by molar-refractivity contribution is 7.13. The van der Waals surface area contributed by atoms with Crippen molar-refractivity contribution in [1.82, 2.24) is 9.97 Å². The quantitative estimate of drug-likeness (QED) is 0.753. The predicted octanol–water partition coefficient (Wildman–Crippen LogP) is 3.71. The number of rotatable bonds is 4. The lowest BCUT2D eigenvalue weighted by Gasteiger charge is -2.05. The van der Waals surface area contributed by atoms with Crippen LogP contribution in [0.4, 0.5) is 14.5 Å². The van der Waals surface area contributed by atoms with Gasteiger partial charge in [-0.1, -0.05) is 0 Å². The zero-order valence-electron chi connectivity index (χ0n) is 13.1. The monoisotopic (exact) mass is 375 g/mol. The SMILES string of the molecule is O=C(Cc1csc(-c2cccnc2)n1)Nc1ccc2c(c1)OC(F)(F)O2. The first-order valence-corrected chi connectivity index (χ1v) is 8.41. The summed E-state index contributed by atoms with van der Waals surface area (Å²) in [6, 6.07) is 7.76. The van der Waals surface area contributed by atoms with Crippen LogP contribution in [0.5, 0.6) is 11.5 Å². The summed E-state index contributed by atoms with van der Waals surface area (Å²) in [5, 5.41) is 5.19. The molecule has 2 aromatic heterocycles. The van der Waals surface area contributed by atoms with Crippen LogP contribution in [0.15, 0.2) is 48.1 Å². The number of benzene rings is 1. The Hall–Kier alpha value is -3.07. The zero-order chi connectivity index (χ0) is 18.1. The molecule has 0 bridgehead atoms. The van der Waals surface area contributed by atoms with E-state index in [1.54, 1.807) is 17.8 Å². The third-order valence-electron chi connectivity index (χ3n) is 3.49. The van der Waals surface area contributed by atoms with E-state index in [4.69, 9.17) is 0 Å². The summed E-state index contributed by atoms with van der Waals surface area (Å²) < 4.78 is 34.7. The number of hydrogen-bond donors (Lipinski definition) is 1. The second kappa shape index (κ2) is 6.34. The molecule has 0 fully saturated rings. The van der Waals surface area contributed by atoms with Crippen molar-refractivity contribution in [1.29, 1.82) is 0 Å². The molecule has 3 aromatic rings. The van der Waals surface area contributed by atoms with E-state index in [0.29, 0.717) is 11.4 Å². The highest BCUT2D eigenvalue weighted by Gasteiger charge is 2.43. The van der Waals surface area contributed by atoms with Gasteiger partial charge in [-0.05, 0) is 24.3 Å². The number of nitrogens with zero attached hydrogens (tertiary/aromatic N) is 2. The maximum Gasteiger partial charge on any atom is 0.586 e. The average molecular weight is 375 g/mol. The molecule has 1 aliphatic heterocycles. The molecule has 0 aliphatic carbocycles. The molecule has 4 rings (SSSR count). The van der Waals surface area contributed by atoms with Gasteiger partial charge in [-0.2, -0.15) is 0 Å². The molecular formula is C17H11F2N3O3S. The van der Waals surface area contributed by atoms with Gasteiger partial charge in [-0.25, -0.2) is 4.98 Å². The first kappa shape index (κ1) is 16.4. The van der Waals surface area contributed by atoms with Crippen molar-refractivity contribution in [3.8, 4) is 22.1 Å². The fraction of sp³-hybridized carbons (Fsp3) is 0.118. The summed E-state index contributed by atoms with van der Waals surface area (Å²) in [6.07, 6.45) is -0.257. The van der Waals surface area contributed by atoms with Gasteiger partial charge >= 0.3 is 6.29 Å². The van der Waals surface area contributed by atoms with Crippen molar-refractivity contribution < 1.29 is 23.0 Å². The highest BCUT2D eigenvalue weighted by atomic mass is 32.1. The van der Waals surface area contributed by atoms with Crippen LogP contribution in [0.25, 0.3) is 10.6 Å². The molecule has 0 saturated carbocycles. The van der Waals surface area contributed by atoms with E-state index in [-0.39, 0.29) is 23.8 Å². The van der Waals surface area contributed by atoms with Gasteiger partial charge in [-0.3, -0.25) is 9.78 Å². The molecule has 0 unspecified atom stereocenters. The number of halogens is 2. The Morgan fingerprint density at radius 1 is 1.23 bits per heavy atom. The molecule has 0 atom stereocenters. The van der Waals surface area contributed by atoms with Gasteiger partial charge in [0, 0.05) is 35.1 Å². The lowest BCUT2D eigenvalue weighted by Crippen LogP contribution is -2.25. The van der Waals surface area contributed by atoms with Crippen molar-refractivity contribution in [2.75, 3.05) is 5.32 Å². The Kier molecular flexibility index (Phi) is 4.00. The molecule has 1 aromatic carbocycles. The fourth-order valence-corrected chi connectivity index (χ4v) is 3.22. The zero-order valence-corrected chi connectivity index (χ0v) is 13.9. The average Bonchev–Trinajstić information content (AvgIpc) is 3.17. The van der Waals surface area contributed by atoms with Crippen LogP contribution in [0.2, 0.25) is 0 Å². The van der Waals surface area contributed by atoms with Crippen molar-refractivity contribution in [2.45, 2.75) is 12.7 Å². The van der Waals surface area contributed by atoms with E-state index in [1.807, 2.05) is 12.1 Å². The van der Waals surface area contributed by atoms with E-state index in [9.17, 15) is 13.6 Å². The van der Waals surface area contributed by atoms with Gasteiger partial charge in [0.15, 0.2) is 11.5 Å². The summed E-state index contributed by atoms with van der Waals surface area (Å²) >= 11 is 1.42. The number of amides is 1. The van der Waals surface area contributed by atoms with Crippen molar-refractivity contribution in [3.63, 3.8) is 0 Å². The minimum Gasteiger partial charge on any atom is -0.395 e. The van der Waals surface area contributed by atoms with Gasteiger partial charge in [0.25, 0.3) is 0 Å². The Bertz CT molecular complexity index is 963. The van der Waals surface area contributed by atoms with E-state index in [0.717, 1.165) is 10.6 Å². The number of hydrogen-bond acceptors (Lipinski definition) is 6. The van der Waals surface area contributed by atoms with Gasteiger partial charge in [0.2, 0.25) is 5.91 Å². The number of alkyl halides is 2. The standard InChI is InChI=1S/C17H11F2N3O3S/c18-17(19)24-13-4-3-11(6-14(13)25-17)21-15(23)7-12-9-26-16(22-12)10-2-1-5-20-8-10/h1-6,8-9H,7H2,(H,21,23). The summed E-state index contributed by atoms with van der Waals surface area (Å²) in [6.45, 7) is 0. The molecule has 0 saturated heterocycles. The molecule has 26 heavy (non-hydrogen) atoms. The molecule has 1 N–H and O–H groups in total. The van der Waals surface area contributed by atoms with E-state index in [2.05, 4.69) is 24.8 Å². The Morgan fingerprint density at radius 3 is 2.88 bits per heavy atom. The summed E-state index contributed by atoms with van der Waals surface area (Å²) in [5.74, 6) is -0.521. The van der Waals surface area contributed by atoms with E-state index >= 15 is 0 Å². The number of ether oxygens (including phenoxy) is 2. The molecule has 6 nitrogen and oxygen atoms in total. The third-order valence-corrected chi connectivity index (χ3v) is 4.43. The minimum absolute atomic E-state index is 0.0569. The largest absolute Gasteiger partial charge is 0.586 e. The number of nitrogens with one attached hydrogen (secondary N) is 1. The van der Waals surface area contributed by atoms with Crippen LogP contribution in [-0.2, 0) is 11.2 Å². The number of carbonyl (C=O) groups excluding carboxylic acids is 1. The predicted molar refractivity (Wildman–Crippen MR) is 90.3 cm³/mol. The van der Waals surface area contributed by atoms with Crippen molar-refractivity contribution in [3.05, 3.63) is 53.8 Å². The second-order valence-corrected chi connectivity index (χ2v) is 6.30. The summed E-state index contributed by atoms with van der Waals surface area (Å²) in [7, 11) is 0. The Labute approximate surface area is 150 Å². The number of anilines is 1. The molecule has 1 aliphatic rings. The Morgan fingerprint density at radius 2 is 2.08 bits per heavy atom. The second-order valence-electron chi connectivity index (χ2n) is 5.44. The van der Waals surface area contributed by atoms with Crippen LogP contribution in [-0.4, -0.2) is 22.2 Å². The van der Waals surface area contributed by atoms with E-state index < -0.39 is 6.29 Å². The van der Waals surface area contributed by atoms with E-state index in [1.165, 1.54) is 29.5 Å². The Balaban J connectivity index is 1.42. The van der Waals surface area contributed by atoms with Crippen LogP contribution in [0.1, 0.15) is 5.69 Å². The van der Waals surface area contributed by atoms with Crippen LogP contribution in [0.3, 0.4) is 0 Å². The van der Waals surface area contributed by atoms with Crippen molar-refractivity contribution in [2.24, 2.45) is 0 Å². The van der Waals surface area contributed by atoms with Gasteiger partial charge < -0.3 is 14.8 Å². The molecule has 1 amide bonds. The molecular weight excluding hydrogens is 364 g/mol. The van der Waals surface area contributed by atoms with Gasteiger partial charge in [-0.15, -0.1) is 20.1 Å². The number of fused-ring (bicyclic) bond motifs is 1. The highest BCUT2D eigenvalue weighted by Crippen LogP contribution is 2.42. The minimum atomic E-state index is -3.69. The number of carbonyl (C=O) groups is 1. The number of aromatic nitrogens is 2. The normalized spacial score (nSPS) is 14.2. The van der Waals surface area contributed by atoms with Gasteiger partial charge in [0.05, 0.1) is 12.1 Å². The lowest BCUT2D eigenvalue weighted by atomic mass is 10.2. The van der Waals surface area contributed by atoms with Crippen LogP contribution >= 0.6 is 11.3 Å². The first-order valence-electron chi connectivity index (χ1n) is 7.53. The maximum absolute atomic E-state index is 13.0. The molecule has 9 heteroatoms. The summed E-state index contributed by atoms with van der Waals surface area (Å²) in [5.41, 5.74) is 1.82. The molecule has 3 heterocycles.